The lowest BCUT2D eigenvalue weighted by Crippen LogP contribution is -2.27. The van der Waals surface area contributed by atoms with Crippen LogP contribution >= 0.6 is 0 Å². The van der Waals surface area contributed by atoms with Crippen molar-refractivity contribution in [3.05, 3.63) is 70.0 Å². The van der Waals surface area contributed by atoms with E-state index in [0.29, 0.717) is 5.92 Å². The summed E-state index contributed by atoms with van der Waals surface area (Å²) in [5.74, 6) is 5.40. The van der Waals surface area contributed by atoms with Crippen molar-refractivity contribution in [2.75, 3.05) is 0 Å². The van der Waals surface area contributed by atoms with Crippen LogP contribution in [0, 0.1) is 47.0 Å². The van der Waals surface area contributed by atoms with Crippen LogP contribution in [-0.4, -0.2) is 0 Å². The minimum absolute atomic E-state index is 0.0501. The third-order valence-electron chi connectivity index (χ3n) is 7.13. The SMILES string of the molecule is CCCC1CCC(C2CCc3c(ccc(C#Cc4cccc(F)c4F)c3F)C2)CC1. The molecule has 0 spiro atoms. The quantitative estimate of drug-likeness (QED) is 0.469. The van der Waals surface area contributed by atoms with Gasteiger partial charge in [0.15, 0.2) is 11.6 Å². The van der Waals surface area contributed by atoms with Gasteiger partial charge in [0.1, 0.15) is 5.82 Å². The zero-order chi connectivity index (χ0) is 21.1. The molecule has 2 aromatic carbocycles. The van der Waals surface area contributed by atoms with Crippen molar-refractivity contribution in [1.29, 1.82) is 0 Å². The standard InChI is InChI=1S/C27H29F3/c1-2-4-18-7-9-19(10-8-18)22-15-16-24-23(17-22)14-13-21(26(24)29)12-11-20-5-3-6-25(28)27(20)30/h3,5-6,13-14,18-19,22H,2,4,7-10,15-17H2,1H3. The summed E-state index contributed by atoms with van der Waals surface area (Å²) in [6, 6.07) is 7.54. The second-order valence-corrected chi connectivity index (χ2v) is 8.99. The van der Waals surface area contributed by atoms with Crippen molar-refractivity contribution < 1.29 is 13.2 Å². The molecule has 0 N–H and O–H groups in total. The Bertz CT molecular complexity index is 958. The van der Waals surface area contributed by atoms with Crippen LogP contribution in [0.5, 0.6) is 0 Å². The Hall–Kier alpha value is -2.21. The fourth-order valence-corrected chi connectivity index (χ4v) is 5.43. The van der Waals surface area contributed by atoms with Crippen LogP contribution in [0.15, 0.2) is 30.3 Å². The van der Waals surface area contributed by atoms with Gasteiger partial charge in [0.05, 0.1) is 11.1 Å². The normalized spacial score (nSPS) is 23.4. The maximum Gasteiger partial charge on any atom is 0.174 e. The van der Waals surface area contributed by atoms with Crippen LogP contribution in [0.2, 0.25) is 0 Å². The van der Waals surface area contributed by atoms with Gasteiger partial charge in [0.2, 0.25) is 0 Å². The summed E-state index contributed by atoms with van der Waals surface area (Å²) < 4.78 is 42.2. The monoisotopic (exact) mass is 410 g/mol. The van der Waals surface area contributed by atoms with Gasteiger partial charge in [-0.15, -0.1) is 0 Å². The highest BCUT2D eigenvalue weighted by Crippen LogP contribution is 2.41. The molecule has 1 unspecified atom stereocenters. The van der Waals surface area contributed by atoms with Gasteiger partial charge in [-0.3, -0.25) is 0 Å². The van der Waals surface area contributed by atoms with E-state index in [4.69, 9.17) is 0 Å². The number of benzene rings is 2. The van der Waals surface area contributed by atoms with E-state index in [1.807, 2.05) is 6.07 Å². The lowest BCUT2D eigenvalue weighted by Gasteiger charge is -2.36. The summed E-state index contributed by atoms with van der Waals surface area (Å²) in [5.41, 5.74) is 2.07. The van der Waals surface area contributed by atoms with Gasteiger partial charge in [-0.25, -0.2) is 13.2 Å². The Labute approximate surface area is 177 Å². The second-order valence-electron chi connectivity index (χ2n) is 8.99. The molecule has 1 saturated carbocycles. The molecule has 2 aliphatic carbocycles. The zero-order valence-electron chi connectivity index (χ0n) is 17.6. The van der Waals surface area contributed by atoms with Crippen molar-refractivity contribution in [1.82, 2.24) is 0 Å². The molecule has 0 aliphatic heterocycles. The zero-order valence-corrected chi connectivity index (χ0v) is 17.6. The minimum atomic E-state index is -0.986. The molecule has 0 heterocycles. The summed E-state index contributed by atoms with van der Waals surface area (Å²) in [6.07, 6.45) is 10.7. The van der Waals surface area contributed by atoms with Gasteiger partial charge in [-0.05, 0) is 79.2 Å². The van der Waals surface area contributed by atoms with Crippen LogP contribution < -0.4 is 0 Å². The first-order valence-electron chi connectivity index (χ1n) is 11.3. The maximum absolute atomic E-state index is 15.1. The van der Waals surface area contributed by atoms with Crippen molar-refractivity contribution in [3.63, 3.8) is 0 Å². The maximum atomic E-state index is 15.1. The molecule has 2 aliphatic rings. The van der Waals surface area contributed by atoms with Crippen molar-refractivity contribution in [2.24, 2.45) is 17.8 Å². The Morgan fingerprint density at radius 3 is 2.30 bits per heavy atom. The van der Waals surface area contributed by atoms with Crippen molar-refractivity contribution >= 4 is 0 Å². The Morgan fingerprint density at radius 2 is 1.57 bits per heavy atom. The van der Waals surface area contributed by atoms with E-state index in [1.165, 1.54) is 50.7 Å². The van der Waals surface area contributed by atoms with Crippen molar-refractivity contribution in [2.45, 2.75) is 64.7 Å². The molecule has 4 rings (SSSR count). The van der Waals surface area contributed by atoms with E-state index >= 15 is 4.39 Å². The van der Waals surface area contributed by atoms with E-state index in [1.54, 1.807) is 6.07 Å². The highest BCUT2D eigenvalue weighted by Gasteiger charge is 2.31. The first kappa shape index (κ1) is 21.0. The lowest BCUT2D eigenvalue weighted by molar-refractivity contribution is 0.183. The lowest BCUT2D eigenvalue weighted by atomic mass is 9.69. The van der Waals surface area contributed by atoms with E-state index in [9.17, 15) is 8.78 Å². The first-order valence-corrected chi connectivity index (χ1v) is 11.3. The molecule has 0 nitrogen and oxygen atoms in total. The second kappa shape index (κ2) is 9.29. The molecule has 0 saturated heterocycles. The van der Waals surface area contributed by atoms with Crippen LogP contribution in [0.4, 0.5) is 13.2 Å². The molecule has 30 heavy (non-hydrogen) atoms. The van der Waals surface area contributed by atoms with Gasteiger partial charge < -0.3 is 0 Å². The molecule has 1 atom stereocenters. The van der Waals surface area contributed by atoms with Gasteiger partial charge >= 0.3 is 0 Å². The molecule has 158 valence electrons. The van der Waals surface area contributed by atoms with E-state index in [2.05, 4.69) is 18.8 Å². The topological polar surface area (TPSA) is 0 Å². The Morgan fingerprint density at radius 1 is 0.833 bits per heavy atom. The van der Waals surface area contributed by atoms with Crippen LogP contribution in [0.25, 0.3) is 0 Å². The summed E-state index contributed by atoms with van der Waals surface area (Å²) in [6.45, 7) is 2.27. The number of hydrogen-bond acceptors (Lipinski definition) is 0. The Balaban J connectivity index is 1.47. The van der Waals surface area contributed by atoms with Crippen LogP contribution in [0.1, 0.15) is 74.1 Å². The van der Waals surface area contributed by atoms with Gasteiger partial charge in [0, 0.05) is 0 Å². The predicted octanol–water partition coefficient (Wildman–Crippen LogP) is 7.22. The number of hydrogen-bond donors (Lipinski definition) is 0. The third-order valence-corrected chi connectivity index (χ3v) is 7.13. The third kappa shape index (κ3) is 4.43. The van der Waals surface area contributed by atoms with Crippen LogP contribution in [-0.2, 0) is 12.8 Å². The van der Waals surface area contributed by atoms with Gasteiger partial charge in [-0.2, -0.15) is 0 Å². The molecule has 1 fully saturated rings. The van der Waals surface area contributed by atoms with Crippen LogP contribution in [0.3, 0.4) is 0 Å². The number of halogens is 3. The highest BCUT2D eigenvalue weighted by molar-refractivity contribution is 5.48. The summed E-state index contributed by atoms with van der Waals surface area (Å²) in [5, 5.41) is 0. The summed E-state index contributed by atoms with van der Waals surface area (Å²) in [4.78, 5) is 0. The molecule has 0 bridgehead atoms. The fraction of sp³-hybridized carbons (Fsp3) is 0.481. The molecule has 0 amide bonds. The summed E-state index contributed by atoms with van der Waals surface area (Å²) in [7, 11) is 0. The summed E-state index contributed by atoms with van der Waals surface area (Å²) >= 11 is 0. The van der Waals surface area contributed by atoms with Gasteiger partial charge in [-0.1, -0.05) is 56.6 Å². The van der Waals surface area contributed by atoms with Crippen molar-refractivity contribution in [3.8, 4) is 11.8 Å². The minimum Gasteiger partial charge on any atom is -0.205 e. The smallest absolute Gasteiger partial charge is 0.174 e. The molecule has 0 radical (unpaired) electrons. The van der Waals surface area contributed by atoms with E-state index < -0.39 is 11.6 Å². The largest absolute Gasteiger partial charge is 0.205 e. The van der Waals surface area contributed by atoms with E-state index in [-0.39, 0.29) is 16.9 Å². The van der Waals surface area contributed by atoms with Gasteiger partial charge in [0.25, 0.3) is 0 Å². The molecular formula is C27H29F3. The van der Waals surface area contributed by atoms with E-state index in [0.717, 1.165) is 48.3 Å². The molecule has 0 aromatic heterocycles. The molecule has 3 heteroatoms. The predicted molar refractivity (Wildman–Crippen MR) is 115 cm³/mol. The average molecular weight is 411 g/mol. The number of rotatable bonds is 3. The average Bonchev–Trinajstić information content (AvgIpc) is 2.76. The fourth-order valence-electron chi connectivity index (χ4n) is 5.43. The Kier molecular flexibility index (Phi) is 6.52. The molecule has 2 aromatic rings. The first-order chi connectivity index (χ1) is 14.6. The number of fused-ring (bicyclic) bond motifs is 1. The highest BCUT2D eigenvalue weighted by atomic mass is 19.2. The molecular weight excluding hydrogens is 381 g/mol.